The molecule has 0 heterocycles. The lowest BCUT2D eigenvalue weighted by molar-refractivity contribution is 0.824. The van der Waals surface area contributed by atoms with E-state index < -0.39 is 0 Å². The van der Waals surface area contributed by atoms with Crippen LogP contribution < -0.4 is 0 Å². The van der Waals surface area contributed by atoms with Crippen molar-refractivity contribution in [1.29, 1.82) is 0 Å². The molecule has 0 aliphatic heterocycles. The molecule has 0 radical (unpaired) electrons. The van der Waals surface area contributed by atoms with Crippen LogP contribution in [0.25, 0.3) is 22.3 Å². The van der Waals surface area contributed by atoms with E-state index >= 15 is 0 Å². The van der Waals surface area contributed by atoms with Gasteiger partial charge in [-0.15, -0.1) is 0 Å². The normalized spacial score (nSPS) is 9.28. The Bertz CT molecular complexity index is 676. The Balaban J connectivity index is 0.000000173. The molecule has 1 nitrogen and oxygen atoms in total. The zero-order valence-corrected chi connectivity index (χ0v) is 14.0. The van der Waals surface area contributed by atoms with Gasteiger partial charge in [0.05, 0.1) is 0 Å². The van der Waals surface area contributed by atoms with Crippen LogP contribution in [0.5, 0.6) is 0 Å². The van der Waals surface area contributed by atoms with Crippen LogP contribution in [0.3, 0.4) is 0 Å². The highest BCUT2D eigenvalue weighted by molar-refractivity contribution is 5.63. The Labute approximate surface area is 149 Å². The lowest BCUT2D eigenvalue weighted by Gasteiger charge is -1.98. The van der Waals surface area contributed by atoms with Crippen molar-refractivity contribution in [3.05, 3.63) is 121 Å². The van der Waals surface area contributed by atoms with Crippen LogP contribution >= 0.6 is 0 Å². The molecule has 0 aromatic heterocycles. The summed E-state index contributed by atoms with van der Waals surface area (Å²) >= 11 is 0. The largest absolute Gasteiger partial charge is 0.412 e. The number of hydrogen-bond acceptors (Lipinski definition) is 0. The Morgan fingerprint density at radius 2 is 0.400 bits per heavy atom. The summed E-state index contributed by atoms with van der Waals surface area (Å²) in [7, 11) is 0. The molecule has 1 heteroatoms. The van der Waals surface area contributed by atoms with Gasteiger partial charge in [-0.25, -0.2) is 0 Å². The molecule has 0 amide bonds. The van der Waals surface area contributed by atoms with Gasteiger partial charge in [-0.05, 0) is 22.3 Å². The molecule has 0 fully saturated rings. The van der Waals surface area contributed by atoms with Crippen LogP contribution in [-0.4, -0.2) is 5.48 Å². The van der Waals surface area contributed by atoms with E-state index in [-0.39, 0.29) is 5.48 Å². The fourth-order valence-corrected chi connectivity index (χ4v) is 2.52. The zero-order chi connectivity index (χ0) is 16.5. The maximum atomic E-state index is 2.12. The maximum Gasteiger partial charge on any atom is -0.0184 e. The molecule has 0 bridgehead atoms. The molecule has 4 rings (SSSR count). The lowest BCUT2D eigenvalue weighted by Crippen LogP contribution is -1.73. The summed E-state index contributed by atoms with van der Waals surface area (Å²) in [5.41, 5.74) is 5.10. The van der Waals surface area contributed by atoms with E-state index in [9.17, 15) is 0 Å². The minimum absolute atomic E-state index is 0. The molecule has 25 heavy (non-hydrogen) atoms. The van der Waals surface area contributed by atoms with Gasteiger partial charge in [-0.1, -0.05) is 121 Å². The minimum atomic E-state index is 0. The zero-order valence-electron chi connectivity index (χ0n) is 14.0. The summed E-state index contributed by atoms with van der Waals surface area (Å²) in [6.07, 6.45) is 0. The molecule has 4 aromatic rings. The number of rotatable bonds is 2. The van der Waals surface area contributed by atoms with Crippen molar-refractivity contribution in [2.75, 3.05) is 0 Å². The second-order valence-electron chi connectivity index (χ2n) is 5.46. The molecule has 0 aliphatic carbocycles. The monoisotopic (exact) mass is 326 g/mol. The van der Waals surface area contributed by atoms with Crippen molar-refractivity contribution in [1.82, 2.24) is 0 Å². The average Bonchev–Trinajstić information content (AvgIpc) is 2.71. The van der Waals surface area contributed by atoms with Crippen molar-refractivity contribution in [3.63, 3.8) is 0 Å². The molecule has 2 N–H and O–H groups in total. The van der Waals surface area contributed by atoms with Crippen LogP contribution in [0.15, 0.2) is 121 Å². The molecule has 0 aliphatic rings. The molecular weight excluding hydrogens is 304 g/mol. The summed E-state index contributed by atoms with van der Waals surface area (Å²) in [5.74, 6) is 0. The summed E-state index contributed by atoms with van der Waals surface area (Å²) in [4.78, 5) is 0. The quantitative estimate of drug-likeness (QED) is 0.440. The first-order valence-corrected chi connectivity index (χ1v) is 8.14. The third kappa shape index (κ3) is 5.45. The molecule has 0 unspecified atom stereocenters. The standard InChI is InChI=1S/2C12H10.H2O/c2*1-3-7-11(8-4-1)12-9-5-2-6-10-12;/h2*1-10H;1H2. The highest BCUT2D eigenvalue weighted by Gasteiger charge is 1.92. The summed E-state index contributed by atoms with van der Waals surface area (Å²) < 4.78 is 0. The lowest BCUT2D eigenvalue weighted by atomic mass is 10.1. The van der Waals surface area contributed by atoms with E-state index in [1.54, 1.807) is 0 Å². The van der Waals surface area contributed by atoms with E-state index in [0.717, 1.165) is 0 Å². The molecule has 0 saturated carbocycles. The highest BCUT2D eigenvalue weighted by Crippen LogP contribution is 2.18. The van der Waals surface area contributed by atoms with Gasteiger partial charge >= 0.3 is 0 Å². The Hall–Kier alpha value is -3.16. The van der Waals surface area contributed by atoms with Crippen LogP contribution in [0.4, 0.5) is 0 Å². The Morgan fingerprint density at radius 3 is 0.560 bits per heavy atom. The SMILES string of the molecule is O.c1ccc(-c2ccccc2)cc1.c1ccc(-c2ccccc2)cc1. The third-order valence-corrected chi connectivity index (χ3v) is 3.76. The summed E-state index contributed by atoms with van der Waals surface area (Å²) in [6, 6.07) is 41.6. The third-order valence-electron chi connectivity index (χ3n) is 3.76. The van der Waals surface area contributed by atoms with Crippen LogP contribution in [0, 0.1) is 0 Å². The van der Waals surface area contributed by atoms with Crippen molar-refractivity contribution < 1.29 is 5.48 Å². The highest BCUT2D eigenvalue weighted by atomic mass is 16.0. The first kappa shape index (κ1) is 18.2. The summed E-state index contributed by atoms with van der Waals surface area (Å²) in [6.45, 7) is 0. The van der Waals surface area contributed by atoms with Gasteiger partial charge in [-0.2, -0.15) is 0 Å². The van der Waals surface area contributed by atoms with Crippen LogP contribution in [0.2, 0.25) is 0 Å². The Kier molecular flexibility index (Phi) is 7.17. The van der Waals surface area contributed by atoms with Gasteiger partial charge in [0.1, 0.15) is 0 Å². The number of hydrogen-bond donors (Lipinski definition) is 0. The molecular formula is C24H22O. The van der Waals surface area contributed by atoms with Crippen molar-refractivity contribution in [3.8, 4) is 22.3 Å². The average molecular weight is 326 g/mol. The van der Waals surface area contributed by atoms with Gasteiger partial charge in [-0.3, -0.25) is 0 Å². The minimum Gasteiger partial charge on any atom is -0.412 e. The molecule has 124 valence electrons. The van der Waals surface area contributed by atoms with E-state index in [4.69, 9.17) is 0 Å². The fraction of sp³-hybridized carbons (Fsp3) is 0. The molecule has 0 saturated heterocycles. The maximum absolute atomic E-state index is 2.12. The van der Waals surface area contributed by atoms with E-state index in [1.165, 1.54) is 22.3 Å². The van der Waals surface area contributed by atoms with Gasteiger partial charge < -0.3 is 5.48 Å². The first-order valence-electron chi connectivity index (χ1n) is 8.14. The summed E-state index contributed by atoms with van der Waals surface area (Å²) in [5, 5.41) is 0. The van der Waals surface area contributed by atoms with E-state index in [0.29, 0.717) is 0 Å². The molecule has 4 aromatic carbocycles. The molecule has 0 spiro atoms. The molecule has 0 atom stereocenters. The van der Waals surface area contributed by atoms with E-state index in [2.05, 4.69) is 97.1 Å². The van der Waals surface area contributed by atoms with Crippen molar-refractivity contribution >= 4 is 0 Å². The van der Waals surface area contributed by atoms with Gasteiger partial charge in [0.25, 0.3) is 0 Å². The van der Waals surface area contributed by atoms with Gasteiger partial charge in [0.2, 0.25) is 0 Å². The van der Waals surface area contributed by atoms with Crippen LogP contribution in [-0.2, 0) is 0 Å². The van der Waals surface area contributed by atoms with Crippen LogP contribution in [0.1, 0.15) is 0 Å². The van der Waals surface area contributed by atoms with Gasteiger partial charge in [0.15, 0.2) is 0 Å². The predicted octanol–water partition coefficient (Wildman–Crippen LogP) is 5.88. The Morgan fingerprint density at radius 1 is 0.240 bits per heavy atom. The first-order chi connectivity index (χ1) is 11.9. The van der Waals surface area contributed by atoms with Gasteiger partial charge in [0, 0.05) is 0 Å². The number of benzene rings is 4. The van der Waals surface area contributed by atoms with Crippen molar-refractivity contribution in [2.45, 2.75) is 0 Å². The van der Waals surface area contributed by atoms with E-state index in [1.807, 2.05) is 24.3 Å². The fourth-order valence-electron chi connectivity index (χ4n) is 2.52. The predicted molar refractivity (Wildman–Crippen MR) is 107 cm³/mol. The second-order valence-corrected chi connectivity index (χ2v) is 5.46. The second kappa shape index (κ2) is 9.86. The topological polar surface area (TPSA) is 31.5 Å². The smallest absolute Gasteiger partial charge is 0.0184 e. The van der Waals surface area contributed by atoms with Crippen molar-refractivity contribution in [2.24, 2.45) is 0 Å².